The molecule has 0 aliphatic rings. The monoisotopic (exact) mass is 571 g/mol. The predicted octanol–water partition coefficient (Wildman–Crippen LogP) is 4.07. The molecule has 1 aromatic heterocycles. The van der Waals surface area contributed by atoms with E-state index >= 15 is 0 Å². The number of hydrogen-bond acceptors (Lipinski definition) is 7. The molecule has 2 N–H and O–H groups in total. The fourth-order valence-corrected chi connectivity index (χ4v) is 5.91. The number of aromatic nitrogens is 2. The number of rotatable bonds is 9. The lowest BCUT2D eigenvalue weighted by Gasteiger charge is -2.24. The maximum absolute atomic E-state index is 13.5. The summed E-state index contributed by atoms with van der Waals surface area (Å²) in [6.45, 7) is 1.28. The Kier molecular flexibility index (Phi) is 7.95. The molecule has 0 bridgehead atoms. The lowest BCUT2D eigenvalue weighted by molar-refractivity contribution is -0.114. The zero-order valence-electron chi connectivity index (χ0n) is 19.9. The van der Waals surface area contributed by atoms with E-state index < -0.39 is 32.5 Å². The molecular formula is C25H22ClN5O5S2. The number of amides is 1. The second kappa shape index (κ2) is 11.2. The molecule has 0 atom stereocenters. The lowest BCUT2D eigenvalue weighted by Crippen LogP contribution is -2.38. The fraction of sp³-hybridized carbons (Fsp3) is 0.0800. The van der Waals surface area contributed by atoms with Crippen LogP contribution in [-0.2, 0) is 24.8 Å². The highest BCUT2D eigenvalue weighted by Gasteiger charge is 2.27. The third kappa shape index (κ3) is 6.46. The Bertz CT molecular complexity index is 1650. The van der Waals surface area contributed by atoms with E-state index in [-0.39, 0.29) is 21.4 Å². The van der Waals surface area contributed by atoms with Gasteiger partial charge in [-0.05, 0) is 79.2 Å². The maximum atomic E-state index is 13.5. The molecule has 1 amide bonds. The van der Waals surface area contributed by atoms with Gasteiger partial charge < -0.3 is 5.32 Å². The topological polar surface area (TPSA) is 138 Å². The molecule has 0 saturated heterocycles. The van der Waals surface area contributed by atoms with Gasteiger partial charge in [-0.25, -0.2) is 31.5 Å². The van der Waals surface area contributed by atoms with Gasteiger partial charge in [0.15, 0.2) is 0 Å². The Morgan fingerprint density at radius 2 is 1.50 bits per heavy atom. The van der Waals surface area contributed by atoms with Crippen molar-refractivity contribution in [1.29, 1.82) is 0 Å². The summed E-state index contributed by atoms with van der Waals surface area (Å²) in [7, 11) is -8.07. The summed E-state index contributed by atoms with van der Waals surface area (Å²) in [4.78, 5) is 20.5. The van der Waals surface area contributed by atoms with Crippen molar-refractivity contribution in [2.24, 2.45) is 0 Å². The fourth-order valence-electron chi connectivity index (χ4n) is 3.41. The molecule has 196 valence electrons. The second-order valence-electron chi connectivity index (χ2n) is 8.06. The van der Waals surface area contributed by atoms with Crippen LogP contribution in [0.2, 0.25) is 5.02 Å². The largest absolute Gasteiger partial charge is 0.325 e. The SMILES string of the molecule is Cc1cccc(N(CC(=O)Nc2ccc(S(=O)(=O)Nc3ncccn3)cc2)S(=O)(=O)c2ccc(Cl)cc2)c1. The number of aryl methyl sites for hydroxylation is 1. The van der Waals surface area contributed by atoms with Crippen LogP contribution < -0.4 is 14.3 Å². The number of hydrogen-bond donors (Lipinski definition) is 2. The molecular weight excluding hydrogens is 550 g/mol. The van der Waals surface area contributed by atoms with Crippen LogP contribution in [0.3, 0.4) is 0 Å². The van der Waals surface area contributed by atoms with Gasteiger partial charge in [-0.3, -0.25) is 9.10 Å². The highest BCUT2D eigenvalue weighted by Crippen LogP contribution is 2.26. The van der Waals surface area contributed by atoms with Crippen molar-refractivity contribution in [1.82, 2.24) is 9.97 Å². The van der Waals surface area contributed by atoms with E-state index in [0.29, 0.717) is 10.7 Å². The molecule has 38 heavy (non-hydrogen) atoms. The van der Waals surface area contributed by atoms with Crippen LogP contribution in [0.5, 0.6) is 0 Å². The molecule has 0 radical (unpaired) electrons. The Morgan fingerprint density at radius 1 is 0.868 bits per heavy atom. The van der Waals surface area contributed by atoms with E-state index in [9.17, 15) is 21.6 Å². The molecule has 0 spiro atoms. The molecule has 10 nitrogen and oxygen atoms in total. The van der Waals surface area contributed by atoms with Gasteiger partial charge in [0, 0.05) is 23.1 Å². The van der Waals surface area contributed by atoms with Crippen molar-refractivity contribution < 1.29 is 21.6 Å². The standard InChI is InChI=1S/C25H22ClN5O5S2/c1-18-4-2-5-21(16-18)31(38(35,36)23-10-6-19(26)7-11-23)17-24(32)29-20-8-12-22(13-9-20)37(33,34)30-25-27-14-3-15-28-25/h2-16H,17H2,1H3,(H,29,32)(H,27,28,30). The van der Waals surface area contributed by atoms with E-state index in [4.69, 9.17) is 11.6 Å². The smallest absolute Gasteiger partial charge is 0.264 e. The third-order valence-corrected chi connectivity index (χ3v) is 8.60. The third-order valence-electron chi connectivity index (χ3n) is 5.22. The second-order valence-corrected chi connectivity index (χ2v) is 12.0. The van der Waals surface area contributed by atoms with Crippen LogP contribution >= 0.6 is 11.6 Å². The van der Waals surface area contributed by atoms with Gasteiger partial charge in [-0.1, -0.05) is 23.7 Å². The molecule has 0 saturated carbocycles. The first-order valence-corrected chi connectivity index (χ1v) is 14.4. The number of carbonyl (C=O) groups is 1. The van der Waals surface area contributed by atoms with Gasteiger partial charge in [0.05, 0.1) is 15.5 Å². The van der Waals surface area contributed by atoms with Crippen LogP contribution in [0.4, 0.5) is 17.3 Å². The van der Waals surface area contributed by atoms with E-state index in [1.165, 1.54) is 60.9 Å². The zero-order chi connectivity index (χ0) is 27.3. The van der Waals surface area contributed by atoms with Crippen molar-refractivity contribution in [3.05, 3.63) is 102 Å². The Hall–Kier alpha value is -4.00. The summed E-state index contributed by atoms with van der Waals surface area (Å²) in [5.41, 5.74) is 1.40. The number of nitrogens with one attached hydrogen (secondary N) is 2. The van der Waals surface area contributed by atoms with Crippen LogP contribution in [-0.4, -0.2) is 39.3 Å². The summed E-state index contributed by atoms with van der Waals surface area (Å²) < 4.78 is 55.3. The number of benzene rings is 3. The Morgan fingerprint density at radius 3 is 2.13 bits per heavy atom. The number of anilines is 3. The number of sulfonamides is 2. The van der Waals surface area contributed by atoms with Crippen molar-refractivity contribution in [3.63, 3.8) is 0 Å². The molecule has 0 aliphatic carbocycles. The van der Waals surface area contributed by atoms with Gasteiger partial charge in [0.2, 0.25) is 11.9 Å². The van der Waals surface area contributed by atoms with E-state index in [0.717, 1.165) is 9.87 Å². The van der Waals surface area contributed by atoms with Gasteiger partial charge in [-0.2, -0.15) is 0 Å². The number of nitrogens with zero attached hydrogens (tertiary/aromatic N) is 3. The summed E-state index contributed by atoms with van der Waals surface area (Å²) in [5, 5.41) is 2.99. The van der Waals surface area contributed by atoms with Crippen molar-refractivity contribution >= 4 is 54.9 Å². The van der Waals surface area contributed by atoms with Crippen molar-refractivity contribution in [2.45, 2.75) is 16.7 Å². The molecule has 0 fully saturated rings. The molecule has 0 aliphatic heterocycles. The molecule has 3 aromatic carbocycles. The quantitative estimate of drug-likeness (QED) is 0.309. The lowest BCUT2D eigenvalue weighted by atomic mass is 10.2. The van der Waals surface area contributed by atoms with Gasteiger partial charge in [-0.15, -0.1) is 0 Å². The van der Waals surface area contributed by atoms with Crippen molar-refractivity contribution in [3.8, 4) is 0 Å². The molecule has 0 unspecified atom stereocenters. The van der Waals surface area contributed by atoms with Gasteiger partial charge >= 0.3 is 0 Å². The summed E-state index contributed by atoms with van der Waals surface area (Å²) in [6.07, 6.45) is 2.80. The summed E-state index contributed by atoms with van der Waals surface area (Å²) in [5.74, 6) is -0.710. The van der Waals surface area contributed by atoms with E-state index in [2.05, 4.69) is 20.0 Å². The van der Waals surface area contributed by atoms with Gasteiger partial charge in [0.25, 0.3) is 20.0 Å². The first-order chi connectivity index (χ1) is 18.0. The zero-order valence-corrected chi connectivity index (χ0v) is 22.3. The predicted molar refractivity (Wildman–Crippen MR) is 145 cm³/mol. The molecule has 1 heterocycles. The van der Waals surface area contributed by atoms with Crippen molar-refractivity contribution in [2.75, 3.05) is 20.9 Å². The van der Waals surface area contributed by atoms with E-state index in [1.54, 1.807) is 24.3 Å². The highest BCUT2D eigenvalue weighted by atomic mass is 35.5. The Balaban J connectivity index is 1.53. The van der Waals surface area contributed by atoms with Gasteiger partial charge in [0.1, 0.15) is 6.54 Å². The summed E-state index contributed by atoms with van der Waals surface area (Å²) in [6, 6.07) is 19.3. The minimum absolute atomic E-state index is 0.0272. The van der Waals surface area contributed by atoms with E-state index in [1.807, 2.05) is 13.0 Å². The van der Waals surface area contributed by atoms with Crippen LogP contribution in [0.1, 0.15) is 5.56 Å². The summed E-state index contributed by atoms with van der Waals surface area (Å²) >= 11 is 5.91. The molecule has 13 heteroatoms. The van der Waals surface area contributed by atoms with Crippen LogP contribution in [0.15, 0.2) is 101 Å². The first kappa shape index (κ1) is 27.0. The minimum atomic E-state index is -4.12. The maximum Gasteiger partial charge on any atom is 0.264 e. The average Bonchev–Trinajstić information content (AvgIpc) is 2.88. The van der Waals surface area contributed by atoms with Crippen LogP contribution in [0.25, 0.3) is 0 Å². The van der Waals surface area contributed by atoms with Crippen LogP contribution in [0, 0.1) is 6.92 Å². The minimum Gasteiger partial charge on any atom is -0.325 e. The number of halogens is 1. The highest BCUT2D eigenvalue weighted by molar-refractivity contribution is 7.93. The first-order valence-electron chi connectivity index (χ1n) is 11.1. The Labute approximate surface area is 225 Å². The molecule has 4 rings (SSSR count). The normalized spacial score (nSPS) is 11.5. The number of carbonyl (C=O) groups excluding carboxylic acids is 1. The molecule has 4 aromatic rings. The average molecular weight is 572 g/mol.